The molecule has 1 aliphatic heterocycles. The fraction of sp³-hybridized carbons (Fsp3) is 0.647. The van der Waals surface area contributed by atoms with E-state index in [1.54, 1.807) is 6.07 Å². The molecule has 0 saturated carbocycles. The van der Waals surface area contributed by atoms with Crippen LogP contribution in [0.2, 0.25) is 5.02 Å². The van der Waals surface area contributed by atoms with Crippen LogP contribution in [0.1, 0.15) is 43.9 Å². The minimum Gasteiger partial charge on any atom is -0.314 e. The molecule has 21 heavy (non-hydrogen) atoms. The highest BCUT2D eigenvalue weighted by molar-refractivity contribution is 6.31. The molecule has 1 aromatic carbocycles. The van der Waals surface area contributed by atoms with E-state index in [2.05, 4.69) is 24.1 Å². The van der Waals surface area contributed by atoms with Gasteiger partial charge >= 0.3 is 0 Å². The van der Waals surface area contributed by atoms with E-state index in [4.69, 9.17) is 11.6 Å². The maximum Gasteiger partial charge on any atom is 0.132 e. The summed E-state index contributed by atoms with van der Waals surface area (Å²) >= 11 is 6.38. The summed E-state index contributed by atoms with van der Waals surface area (Å²) in [6.45, 7) is 10.0. The van der Waals surface area contributed by atoms with E-state index in [1.165, 1.54) is 0 Å². The van der Waals surface area contributed by atoms with Crippen LogP contribution in [0.5, 0.6) is 0 Å². The van der Waals surface area contributed by atoms with Gasteiger partial charge in [-0.15, -0.1) is 0 Å². The molecular formula is C17H26ClFN2. The average molecular weight is 313 g/mol. The Morgan fingerprint density at radius 2 is 2.00 bits per heavy atom. The summed E-state index contributed by atoms with van der Waals surface area (Å²) in [6, 6.07) is 3.67. The van der Waals surface area contributed by atoms with Gasteiger partial charge in [0.2, 0.25) is 0 Å². The van der Waals surface area contributed by atoms with Gasteiger partial charge in [-0.1, -0.05) is 37.9 Å². The van der Waals surface area contributed by atoms with Gasteiger partial charge in [0.25, 0.3) is 0 Å². The number of nitrogens with zero attached hydrogens (tertiary/aromatic N) is 1. The Hall–Kier alpha value is -0.640. The first-order valence-electron chi connectivity index (χ1n) is 7.95. The number of aryl methyl sites for hydroxylation is 1. The molecule has 1 aromatic rings. The number of halogens is 2. The second kappa shape index (κ2) is 7.57. The third-order valence-corrected chi connectivity index (χ3v) is 4.77. The zero-order chi connectivity index (χ0) is 15.4. The summed E-state index contributed by atoms with van der Waals surface area (Å²) in [5.74, 6) is 0.260. The highest BCUT2D eigenvalue weighted by atomic mass is 35.5. The predicted octanol–water partition coefficient (Wildman–Crippen LogP) is 4.17. The summed E-state index contributed by atoms with van der Waals surface area (Å²) in [4.78, 5) is 2.39. The van der Waals surface area contributed by atoms with Crippen molar-refractivity contribution < 1.29 is 4.39 Å². The van der Waals surface area contributed by atoms with Crippen molar-refractivity contribution in [1.82, 2.24) is 10.2 Å². The van der Waals surface area contributed by atoms with Gasteiger partial charge in [0.05, 0.1) is 0 Å². The molecule has 0 bridgehead atoms. The van der Waals surface area contributed by atoms with Crippen molar-refractivity contribution >= 4 is 11.6 Å². The van der Waals surface area contributed by atoms with Crippen LogP contribution in [-0.4, -0.2) is 31.1 Å². The Labute approximate surface area is 132 Å². The fourth-order valence-electron chi connectivity index (χ4n) is 3.35. The molecule has 4 heteroatoms. The molecule has 1 N–H and O–H groups in total. The largest absolute Gasteiger partial charge is 0.314 e. The van der Waals surface area contributed by atoms with Gasteiger partial charge in [0, 0.05) is 42.8 Å². The molecule has 1 saturated heterocycles. The van der Waals surface area contributed by atoms with Crippen LogP contribution in [-0.2, 0) is 0 Å². The van der Waals surface area contributed by atoms with Crippen LogP contribution in [0.4, 0.5) is 4.39 Å². The lowest BCUT2D eigenvalue weighted by atomic mass is 9.88. The average Bonchev–Trinajstić information content (AvgIpc) is 2.48. The maximum atomic E-state index is 14.7. The van der Waals surface area contributed by atoms with E-state index in [0.29, 0.717) is 22.1 Å². The molecule has 2 nitrogen and oxygen atoms in total. The highest BCUT2D eigenvalue weighted by Gasteiger charge is 2.31. The molecule has 1 fully saturated rings. The quantitative estimate of drug-likeness (QED) is 0.878. The SMILES string of the molecule is CCCC(C)[C@@H](c1c(Cl)ccc(C)c1F)N1CCNCC1. The Morgan fingerprint density at radius 1 is 1.33 bits per heavy atom. The lowest BCUT2D eigenvalue weighted by Crippen LogP contribution is -2.47. The van der Waals surface area contributed by atoms with Gasteiger partial charge in [-0.25, -0.2) is 4.39 Å². The molecule has 0 aliphatic carbocycles. The summed E-state index contributed by atoms with van der Waals surface area (Å²) in [5.41, 5.74) is 1.37. The van der Waals surface area contributed by atoms with Crippen molar-refractivity contribution in [3.05, 3.63) is 34.1 Å². The number of piperazine rings is 1. The lowest BCUT2D eigenvalue weighted by Gasteiger charge is -2.39. The topological polar surface area (TPSA) is 15.3 Å². The van der Waals surface area contributed by atoms with E-state index in [0.717, 1.165) is 39.0 Å². The molecule has 0 radical (unpaired) electrons. The Balaban J connectivity index is 2.41. The minimum absolute atomic E-state index is 0.0689. The van der Waals surface area contributed by atoms with Crippen LogP contribution < -0.4 is 5.32 Å². The van der Waals surface area contributed by atoms with Gasteiger partial charge in [0.1, 0.15) is 5.82 Å². The Bertz CT molecular complexity index is 472. The van der Waals surface area contributed by atoms with Gasteiger partial charge in [-0.2, -0.15) is 0 Å². The number of rotatable bonds is 5. The number of benzene rings is 1. The first-order valence-corrected chi connectivity index (χ1v) is 8.33. The molecular weight excluding hydrogens is 287 g/mol. The summed E-state index contributed by atoms with van der Waals surface area (Å²) < 4.78 is 14.7. The maximum absolute atomic E-state index is 14.7. The molecule has 118 valence electrons. The van der Waals surface area contributed by atoms with Crippen molar-refractivity contribution in [1.29, 1.82) is 0 Å². The van der Waals surface area contributed by atoms with Crippen LogP contribution in [0.3, 0.4) is 0 Å². The normalized spacial score (nSPS) is 19.5. The van der Waals surface area contributed by atoms with Crippen LogP contribution in [0.25, 0.3) is 0 Å². The standard InChI is InChI=1S/C17H26ClFN2/c1-4-5-13(3)17(21-10-8-20-9-11-21)15-14(18)7-6-12(2)16(15)19/h6-7,13,17,20H,4-5,8-11H2,1-3H3/t13?,17-/m0/s1. The Kier molecular flexibility index (Phi) is 6.03. The molecule has 1 aliphatic rings. The first kappa shape index (κ1) is 16.7. The number of hydrogen-bond donors (Lipinski definition) is 1. The minimum atomic E-state index is -0.131. The molecule has 0 amide bonds. The second-order valence-corrected chi connectivity index (χ2v) is 6.50. The third-order valence-electron chi connectivity index (χ3n) is 4.44. The van der Waals surface area contributed by atoms with Crippen molar-refractivity contribution in [3.63, 3.8) is 0 Å². The predicted molar refractivity (Wildman–Crippen MR) is 87.4 cm³/mol. The molecule has 1 heterocycles. The van der Waals surface area contributed by atoms with Crippen molar-refractivity contribution in [2.75, 3.05) is 26.2 Å². The van der Waals surface area contributed by atoms with E-state index < -0.39 is 0 Å². The van der Waals surface area contributed by atoms with Crippen molar-refractivity contribution in [3.8, 4) is 0 Å². The van der Waals surface area contributed by atoms with E-state index in [1.807, 2.05) is 13.0 Å². The molecule has 0 spiro atoms. The summed E-state index contributed by atoms with van der Waals surface area (Å²) in [6.07, 6.45) is 2.19. The second-order valence-electron chi connectivity index (χ2n) is 6.09. The van der Waals surface area contributed by atoms with Crippen molar-refractivity contribution in [2.24, 2.45) is 5.92 Å². The van der Waals surface area contributed by atoms with Gasteiger partial charge in [-0.3, -0.25) is 4.90 Å². The number of hydrogen-bond acceptors (Lipinski definition) is 2. The van der Waals surface area contributed by atoms with Crippen LogP contribution >= 0.6 is 11.6 Å². The molecule has 2 atom stereocenters. The van der Waals surface area contributed by atoms with E-state index in [9.17, 15) is 4.39 Å². The monoisotopic (exact) mass is 312 g/mol. The third kappa shape index (κ3) is 3.77. The van der Waals surface area contributed by atoms with Gasteiger partial charge < -0.3 is 5.32 Å². The van der Waals surface area contributed by atoms with E-state index in [-0.39, 0.29) is 11.9 Å². The van der Waals surface area contributed by atoms with Gasteiger partial charge in [-0.05, 0) is 30.9 Å². The first-order chi connectivity index (χ1) is 10.1. The summed E-state index contributed by atoms with van der Waals surface area (Å²) in [7, 11) is 0. The Morgan fingerprint density at radius 3 is 2.62 bits per heavy atom. The number of nitrogens with one attached hydrogen (secondary N) is 1. The lowest BCUT2D eigenvalue weighted by molar-refractivity contribution is 0.123. The van der Waals surface area contributed by atoms with Crippen LogP contribution in [0.15, 0.2) is 12.1 Å². The smallest absolute Gasteiger partial charge is 0.132 e. The molecule has 0 aromatic heterocycles. The zero-order valence-electron chi connectivity index (χ0n) is 13.3. The fourth-order valence-corrected chi connectivity index (χ4v) is 3.61. The van der Waals surface area contributed by atoms with E-state index >= 15 is 0 Å². The van der Waals surface area contributed by atoms with Crippen molar-refractivity contribution in [2.45, 2.75) is 39.7 Å². The highest BCUT2D eigenvalue weighted by Crippen LogP contribution is 2.38. The summed E-state index contributed by atoms with van der Waals surface area (Å²) in [5, 5.41) is 3.92. The molecule has 1 unspecified atom stereocenters. The van der Waals surface area contributed by atoms with Crippen LogP contribution in [0, 0.1) is 18.7 Å². The van der Waals surface area contributed by atoms with Gasteiger partial charge in [0.15, 0.2) is 0 Å². The molecule has 2 rings (SSSR count). The zero-order valence-corrected chi connectivity index (χ0v) is 14.0.